The topological polar surface area (TPSA) is 59.1 Å². The first-order chi connectivity index (χ1) is 7.20. The van der Waals surface area contributed by atoms with E-state index in [0.29, 0.717) is 5.13 Å². The Bertz CT molecular complexity index is 462. The molecule has 78 valence electrons. The Morgan fingerprint density at radius 2 is 2.00 bits per heavy atom. The van der Waals surface area contributed by atoms with Gasteiger partial charge in [0.2, 0.25) is 0 Å². The molecular weight excluding hydrogens is 208 g/mol. The van der Waals surface area contributed by atoms with Crippen molar-refractivity contribution < 1.29 is 5.11 Å². The second-order valence-electron chi connectivity index (χ2n) is 3.35. The van der Waals surface area contributed by atoms with Gasteiger partial charge in [0.1, 0.15) is 0 Å². The lowest BCUT2D eigenvalue weighted by atomic mass is 10.1. The Morgan fingerprint density at radius 1 is 1.33 bits per heavy atom. The third-order valence-electron chi connectivity index (χ3n) is 2.18. The molecule has 0 spiro atoms. The number of anilines is 1. The van der Waals surface area contributed by atoms with E-state index < -0.39 is 0 Å². The van der Waals surface area contributed by atoms with E-state index in [1.165, 1.54) is 16.9 Å². The summed E-state index contributed by atoms with van der Waals surface area (Å²) in [6.07, 6.45) is 0. The number of hydrogen-bond donors (Lipinski definition) is 2. The molecule has 0 aliphatic rings. The fourth-order valence-electron chi connectivity index (χ4n) is 1.41. The molecule has 1 heterocycles. The number of aryl methyl sites for hydroxylation is 1. The predicted molar refractivity (Wildman–Crippen MR) is 62.6 cm³/mol. The molecule has 0 radical (unpaired) electrons. The van der Waals surface area contributed by atoms with Crippen LogP contribution in [0, 0.1) is 6.92 Å². The lowest BCUT2D eigenvalue weighted by Gasteiger charge is -2.00. The van der Waals surface area contributed by atoms with Crippen molar-refractivity contribution in [2.75, 3.05) is 5.73 Å². The zero-order valence-corrected chi connectivity index (χ0v) is 9.21. The summed E-state index contributed by atoms with van der Waals surface area (Å²) >= 11 is 1.33. The van der Waals surface area contributed by atoms with Crippen molar-refractivity contribution in [1.82, 2.24) is 4.98 Å². The summed E-state index contributed by atoms with van der Waals surface area (Å²) in [4.78, 5) is 5.03. The zero-order chi connectivity index (χ0) is 10.8. The number of nitrogens with two attached hydrogens (primary N) is 1. The van der Waals surface area contributed by atoms with Crippen LogP contribution in [0.5, 0.6) is 0 Å². The van der Waals surface area contributed by atoms with Crippen LogP contribution >= 0.6 is 11.3 Å². The van der Waals surface area contributed by atoms with Crippen molar-refractivity contribution in [2.45, 2.75) is 13.5 Å². The number of benzene rings is 1. The third kappa shape index (κ3) is 2.00. The molecule has 4 heteroatoms. The number of thiazole rings is 1. The van der Waals surface area contributed by atoms with E-state index in [1.807, 2.05) is 31.2 Å². The smallest absolute Gasteiger partial charge is 0.180 e. The summed E-state index contributed by atoms with van der Waals surface area (Å²) in [6, 6.07) is 8.02. The van der Waals surface area contributed by atoms with Crippen molar-refractivity contribution in [2.24, 2.45) is 0 Å². The first kappa shape index (κ1) is 10.1. The van der Waals surface area contributed by atoms with Crippen LogP contribution in [0.4, 0.5) is 5.13 Å². The molecule has 0 unspecified atom stereocenters. The van der Waals surface area contributed by atoms with E-state index in [2.05, 4.69) is 4.98 Å². The quantitative estimate of drug-likeness (QED) is 0.815. The van der Waals surface area contributed by atoms with Gasteiger partial charge >= 0.3 is 0 Å². The third-order valence-corrected chi connectivity index (χ3v) is 3.05. The second kappa shape index (κ2) is 4.00. The van der Waals surface area contributed by atoms with Gasteiger partial charge in [0.15, 0.2) is 5.13 Å². The van der Waals surface area contributed by atoms with Crippen molar-refractivity contribution >= 4 is 16.5 Å². The minimum absolute atomic E-state index is 0.0158. The average molecular weight is 220 g/mol. The molecule has 3 N–H and O–H groups in total. The van der Waals surface area contributed by atoms with Crippen molar-refractivity contribution in [3.63, 3.8) is 0 Å². The number of aliphatic hydroxyl groups excluding tert-OH is 1. The second-order valence-corrected chi connectivity index (χ2v) is 4.46. The highest BCUT2D eigenvalue weighted by Crippen LogP contribution is 2.29. The van der Waals surface area contributed by atoms with Crippen LogP contribution in [0.1, 0.15) is 10.4 Å². The maximum atomic E-state index is 9.16. The van der Waals surface area contributed by atoms with Gasteiger partial charge < -0.3 is 10.8 Å². The monoisotopic (exact) mass is 220 g/mol. The number of aromatic nitrogens is 1. The Balaban J connectivity index is 2.48. The summed E-state index contributed by atoms with van der Waals surface area (Å²) in [5.74, 6) is 0. The largest absolute Gasteiger partial charge is 0.391 e. The SMILES string of the molecule is Cc1ccc(-c2nc(N)sc2CO)cc1. The first-order valence-electron chi connectivity index (χ1n) is 4.64. The van der Waals surface area contributed by atoms with E-state index in [0.717, 1.165) is 16.1 Å². The van der Waals surface area contributed by atoms with E-state index in [4.69, 9.17) is 10.8 Å². The van der Waals surface area contributed by atoms with Gasteiger partial charge in [0, 0.05) is 5.56 Å². The first-order valence-corrected chi connectivity index (χ1v) is 5.45. The molecule has 0 aliphatic carbocycles. The number of rotatable bonds is 2. The van der Waals surface area contributed by atoms with Crippen LogP contribution in [0.2, 0.25) is 0 Å². The fraction of sp³-hybridized carbons (Fsp3) is 0.182. The Morgan fingerprint density at radius 3 is 2.60 bits per heavy atom. The molecule has 0 aliphatic heterocycles. The maximum absolute atomic E-state index is 9.16. The molecular formula is C11H12N2OS. The Hall–Kier alpha value is -1.39. The van der Waals surface area contributed by atoms with Crippen LogP contribution in [0.15, 0.2) is 24.3 Å². The van der Waals surface area contributed by atoms with E-state index in [-0.39, 0.29) is 6.61 Å². The molecule has 0 fully saturated rings. The minimum atomic E-state index is -0.0158. The zero-order valence-electron chi connectivity index (χ0n) is 8.40. The van der Waals surface area contributed by atoms with Crippen molar-refractivity contribution in [3.8, 4) is 11.3 Å². The fourth-order valence-corrected chi connectivity index (χ4v) is 2.13. The minimum Gasteiger partial charge on any atom is -0.391 e. The lowest BCUT2D eigenvalue weighted by Crippen LogP contribution is -1.86. The van der Waals surface area contributed by atoms with Crippen LogP contribution < -0.4 is 5.73 Å². The van der Waals surface area contributed by atoms with E-state index in [1.54, 1.807) is 0 Å². The maximum Gasteiger partial charge on any atom is 0.180 e. The van der Waals surface area contributed by atoms with Crippen LogP contribution in [-0.2, 0) is 6.61 Å². The normalized spacial score (nSPS) is 10.5. The summed E-state index contributed by atoms with van der Waals surface area (Å²) in [7, 11) is 0. The molecule has 15 heavy (non-hydrogen) atoms. The number of hydrogen-bond acceptors (Lipinski definition) is 4. The highest BCUT2D eigenvalue weighted by molar-refractivity contribution is 7.15. The van der Waals surface area contributed by atoms with Crippen molar-refractivity contribution in [3.05, 3.63) is 34.7 Å². The van der Waals surface area contributed by atoms with Gasteiger partial charge in [-0.15, -0.1) is 0 Å². The number of nitrogens with zero attached hydrogens (tertiary/aromatic N) is 1. The van der Waals surface area contributed by atoms with Gasteiger partial charge in [-0.3, -0.25) is 0 Å². The summed E-state index contributed by atoms with van der Waals surface area (Å²) in [6.45, 7) is 2.02. The van der Waals surface area contributed by atoms with Gasteiger partial charge in [0.25, 0.3) is 0 Å². The molecule has 0 atom stereocenters. The lowest BCUT2D eigenvalue weighted by molar-refractivity contribution is 0.286. The standard InChI is InChI=1S/C11H12N2OS/c1-7-2-4-8(5-3-7)10-9(6-14)15-11(12)13-10/h2-5,14H,6H2,1H3,(H2,12,13). The molecule has 3 nitrogen and oxygen atoms in total. The summed E-state index contributed by atoms with van der Waals surface area (Å²) in [5.41, 5.74) is 8.61. The van der Waals surface area contributed by atoms with Gasteiger partial charge in [0.05, 0.1) is 17.2 Å². The van der Waals surface area contributed by atoms with Gasteiger partial charge in [-0.05, 0) is 6.92 Å². The van der Waals surface area contributed by atoms with E-state index in [9.17, 15) is 0 Å². The highest BCUT2D eigenvalue weighted by Gasteiger charge is 2.10. The molecule has 0 amide bonds. The summed E-state index contributed by atoms with van der Waals surface area (Å²) < 4.78 is 0. The van der Waals surface area contributed by atoms with Crippen LogP contribution in [0.3, 0.4) is 0 Å². The molecule has 2 rings (SSSR count). The summed E-state index contributed by atoms with van der Waals surface area (Å²) in [5, 5.41) is 9.66. The molecule has 0 bridgehead atoms. The molecule has 2 aromatic rings. The molecule has 0 saturated heterocycles. The highest BCUT2D eigenvalue weighted by atomic mass is 32.1. The van der Waals surface area contributed by atoms with Gasteiger partial charge in [-0.25, -0.2) is 4.98 Å². The average Bonchev–Trinajstić information content (AvgIpc) is 2.61. The van der Waals surface area contributed by atoms with Crippen LogP contribution in [0.25, 0.3) is 11.3 Å². The Labute approximate surface area is 92.2 Å². The predicted octanol–water partition coefficient (Wildman–Crippen LogP) is 2.19. The van der Waals surface area contributed by atoms with Crippen molar-refractivity contribution in [1.29, 1.82) is 0 Å². The van der Waals surface area contributed by atoms with E-state index >= 15 is 0 Å². The Kier molecular flexibility index (Phi) is 2.70. The molecule has 0 saturated carbocycles. The van der Waals surface area contributed by atoms with Gasteiger partial charge in [-0.2, -0.15) is 0 Å². The molecule has 1 aromatic carbocycles. The number of aliphatic hydroxyl groups is 1. The number of nitrogen functional groups attached to an aromatic ring is 1. The van der Waals surface area contributed by atoms with Gasteiger partial charge in [-0.1, -0.05) is 41.2 Å². The van der Waals surface area contributed by atoms with Crippen LogP contribution in [-0.4, -0.2) is 10.1 Å². The molecule has 1 aromatic heterocycles.